The summed E-state index contributed by atoms with van der Waals surface area (Å²) in [6, 6.07) is 0. The molecule has 2 N–H and O–H groups in total. The van der Waals surface area contributed by atoms with Crippen LogP contribution in [0.4, 0.5) is 0 Å². The summed E-state index contributed by atoms with van der Waals surface area (Å²) in [7, 11) is 0. The average molecular weight is 200 g/mol. The van der Waals surface area contributed by atoms with Crippen LogP contribution >= 0.6 is 0 Å². The van der Waals surface area contributed by atoms with E-state index in [0.717, 1.165) is 38.5 Å². The Morgan fingerprint density at radius 1 is 1.14 bits per heavy atom. The number of hydrogen-bond donors (Lipinski definition) is 2. The van der Waals surface area contributed by atoms with Crippen LogP contribution in [0.15, 0.2) is 11.6 Å². The molecule has 0 bridgehead atoms. The molecule has 0 spiro atoms. The fourth-order valence-electron chi connectivity index (χ4n) is 1.19. The largest absolute Gasteiger partial charge is 0.478 e. The maximum Gasteiger partial charge on any atom is 0.330 e. The number of aliphatic carboxylic acids is 1. The summed E-state index contributed by atoms with van der Waals surface area (Å²) < 4.78 is 0. The van der Waals surface area contributed by atoms with Crippen LogP contribution < -0.4 is 0 Å². The van der Waals surface area contributed by atoms with Gasteiger partial charge in [-0.05, 0) is 26.2 Å². The predicted molar refractivity (Wildman–Crippen MR) is 56.2 cm³/mol. The molecule has 3 nitrogen and oxygen atoms in total. The van der Waals surface area contributed by atoms with Crippen molar-refractivity contribution in [1.82, 2.24) is 0 Å². The molecule has 0 unspecified atom stereocenters. The van der Waals surface area contributed by atoms with Gasteiger partial charge < -0.3 is 10.2 Å². The topological polar surface area (TPSA) is 57.5 Å². The van der Waals surface area contributed by atoms with Crippen molar-refractivity contribution in [1.29, 1.82) is 0 Å². The number of allylic oxidation sites excluding steroid dienone is 1. The van der Waals surface area contributed by atoms with Gasteiger partial charge in [-0.25, -0.2) is 4.79 Å². The van der Waals surface area contributed by atoms with Crippen molar-refractivity contribution in [2.24, 2.45) is 0 Å². The van der Waals surface area contributed by atoms with Gasteiger partial charge in [0.1, 0.15) is 0 Å². The average Bonchev–Trinajstić information content (AvgIpc) is 2.16. The molecule has 0 aromatic carbocycles. The molecule has 0 saturated carbocycles. The van der Waals surface area contributed by atoms with Crippen LogP contribution in [-0.2, 0) is 4.79 Å². The predicted octanol–water partition coefficient (Wildman–Crippen LogP) is 2.35. The minimum absolute atomic E-state index is 0.276. The lowest BCUT2D eigenvalue weighted by molar-refractivity contribution is -0.132. The van der Waals surface area contributed by atoms with Crippen LogP contribution in [0.1, 0.15) is 45.4 Å². The Kier molecular flexibility index (Phi) is 8.24. The molecule has 0 fully saturated rings. The van der Waals surface area contributed by atoms with Crippen LogP contribution in [0.2, 0.25) is 0 Å². The quantitative estimate of drug-likeness (QED) is 0.467. The van der Waals surface area contributed by atoms with Crippen molar-refractivity contribution in [3.63, 3.8) is 0 Å². The molecule has 0 atom stereocenters. The van der Waals surface area contributed by atoms with Gasteiger partial charge in [0, 0.05) is 12.2 Å². The lowest BCUT2D eigenvalue weighted by Crippen LogP contribution is -1.95. The summed E-state index contributed by atoms with van der Waals surface area (Å²) in [5, 5.41) is 17.1. The second kappa shape index (κ2) is 8.75. The van der Waals surface area contributed by atoms with E-state index in [4.69, 9.17) is 10.2 Å². The van der Waals surface area contributed by atoms with Crippen LogP contribution in [0.5, 0.6) is 0 Å². The Labute approximate surface area is 85.4 Å². The minimum Gasteiger partial charge on any atom is -0.478 e. The first kappa shape index (κ1) is 13.2. The van der Waals surface area contributed by atoms with E-state index >= 15 is 0 Å². The summed E-state index contributed by atoms with van der Waals surface area (Å²) in [4.78, 5) is 10.4. The van der Waals surface area contributed by atoms with Crippen molar-refractivity contribution >= 4 is 5.97 Å². The molecular formula is C11H20O3. The summed E-state index contributed by atoms with van der Waals surface area (Å²) >= 11 is 0. The van der Waals surface area contributed by atoms with E-state index in [-0.39, 0.29) is 6.61 Å². The van der Waals surface area contributed by atoms with E-state index in [1.54, 1.807) is 13.0 Å². The van der Waals surface area contributed by atoms with Gasteiger partial charge >= 0.3 is 5.97 Å². The molecule has 0 aromatic heterocycles. The Balaban J connectivity index is 3.29. The summed E-state index contributed by atoms with van der Waals surface area (Å²) in [6.45, 7) is 1.89. The van der Waals surface area contributed by atoms with Crippen LogP contribution in [0, 0.1) is 0 Å². The highest BCUT2D eigenvalue weighted by molar-refractivity contribution is 5.85. The smallest absolute Gasteiger partial charge is 0.330 e. The van der Waals surface area contributed by atoms with Gasteiger partial charge in [-0.15, -0.1) is 0 Å². The molecule has 0 saturated heterocycles. The fraction of sp³-hybridized carbons (Fsp3) is 0.727. The first-order valence-electron chi connectivity index (χ1n) is 5.19. The molecule has 3 heteroatoms. The van der Waals surface area contributed by atoms with Crippen molar-refractivity contribution in [3.8, 4) is 0 Å². The maximum absolute atomic E-state index is 10.4. The molecule has 0 aliphatic carbocycles. The van der Waals surface area contributed by atoms with Crippen LogP contribution in [0.3, 0.4) is 0 Å². The Morgan fingerprint density at radius 2 is 1.71 bits per heavy atom. The molecule has 0 aliphatic rings. The summed E-state index contributed by atoms with van der Waals surface area (Å²) in [6.07, 6.45) is 7.84. The normalized spacial score (nSPS) is 11.7. The van der Waals surface area contributed by atoms with E-state index in [2.05, 4.69) is 0 Å². The van der Waals surface area contributed by atoms with Gasteiger partial charge in [0.2, 0.25) is 0 Å². The van der Waals surface area contributed by atoms with E-state index < -0.39 is 5.97 Å². The number of carbonyl (C=O) groups is 1. The SMILES string of the molecule is CC(=CCCCCCCCO)C(=O)O. The monoisotopic (exact) mass is 200 g/mol. The van der Waals surface area contributed by atoms with Crippen molar-refractivity contribution in [3.05, 3.63) is 11.6 Å². The van der Waals surface area contributed by atoms with Gasteiger partial charge in [0.25, 0.3) is 0 Å². The van der Waals surface area contributed by atoms with Gasteiger partial charge in [-0.3, -0.25) is 0 Å². The number of carboxylic acids is 1. The second-order valence-electron chi connectivity index (χ2n) is 3.47. The standard InChI is InChI=1S/C11H20O3/c1-10(11(13)14)8-6-4-2-3-5-7-9-12/h8,12H,2-7,9H2,1H3,(H,13,14). The van der Waals surface area contributed by atoms with E-state index in [1.165, 1.54) is 0 Å². The zero-order valence-corrected chi connectivity index (χ0v) is 8.83. The van der Waals surface area contributed by atoms with Gasteiger partial charge in [-0.1, -0.05) is 25.3 Å². The molecule has 0 rings (SSSR count). The number of rotatable bonds is 8. The molecule has 14 heavy (non-hydrogen) atoms. The number of aliphatic hydroxyl groups excluding tert-OH is 1. The lowest BCUT2D eigenvalue weighted by atomic mass is 10.1. The van der Waals surface area contributed by atoms with E-state index in [0.29, 0.717) is 5.57 Å². The van der Waals surface area contributed by atoms with Crippen LogP contribution in [0.25, 0.3) is 0 Å². The molecule has 0 heterocycles. The Hall–Kier alpha value is -0.830. The lowest BCUT2D eigenvalue weighted by Gasteiger charge is -1.98. The van der Waals surface area contributed by atoms with Gasteiger partial charge in [0.05, 0.1) is 0 Å². The van der Waals surface area contributed by atoms with Crippen molar-refractivity contribution in [2.45, 2.75) is 45.4 Å². The first-order valence-corrected chi connectivity index (χ1v) is 5.19. The van der Waals surface area contributed by atoms with Crippen LogP contribution in [-0.4, -0.2) is 22.8 Å². The van der Waals surface area contributed by atoms with Crippen molar-refractivity contribution in [2.75, 3.05) is 6.61 Å². The van der Waals surface area contributed by atoms with Gasteiger partial charge in [0.15, 0.2) is 0 Å². The molecule has 0 radical (unpaired) electrons. The Bertz CT molecular complexity index is 185. The van der Waals surface area contributed by atoms with E-state index in [1.807, 2.05) is 0 Å². The highest BCUT2D eigenvalue weighted by Crippen LogP contribution is 2.07. The number of hydrogen-bond acceptors (Lipinski definition) is 2. The maximum atomic E-state index is 10.4. The number of unbranched alkanes of at least 4 members (excludes halogenated alkanes) is 5. The molecule has 0 aliphatic heterocycles. The Morgan fingerprint density at radius 3 is 2.29 bits per heavy atom. The zero-order chi connectivity index (χ0) is 10.8. The molecule has 82 valence electrons. The number of carboxylic acid groups (broad SMARTS) is 1. The molecule has 0 aromatic rings. The third-order valence-corrected chi connectivity index (χ3v) is 2.15. The molecular weight excluding hydrogens is 180 g/mol. The fourth-order valence-corrected chi connectivity index (χ4v) is 1.19. The highest BCUT2D eigenvalue weighted by Gasteiger charge is 1.97. The zero-order valence-electron chi connectivity index (χ0n) is 8.83. The minimum atomic E-state index is -0.828. The number of aliphatic hydroxyl groups is 1. The van der Waals surface area contributed by atoms with E-state index in [9.17, 15) is 4.79 Å². The summed E-state index contributed by atoms with van der Waals surface area (Å²) in [5.74, 6) is -0.828. The summed E-state index contributed by atoms with van der Waals surface area (Å²) in [5.41, 5.74) is 0.431. The first-order chi connectivity index (χ1) is 6.68. The highest BCUT2D eigenvalue weighted by atomic mass is 16.4. The van der Waals surface area contributed by atoms with Crippen molar-refractivity contribution < 1.29 is 15.0 Å². The molecule has 0 amide bonds. The van der Waals surface area contributed by atoms with Gasteiger partial charge in [-0.2, -0.15) is 0 Å². The second-order valence-corrected chi connectivity index (χ2v) is 3.47. The third-order valence-electron chi connectivity index (χ3n) is 2.15. The third kappa shape index (κ3) is 7.80.